The van der Waals surface area contributed by atoms with Gasteiger partial charge in [-0.15, -0.1) is 0 Å². The van der Waals surface area contributed by atoms with E-state index in [1.165, 1.54) is 0 Å². The molecule has 19 heavy (non-hydrogen) atoms. The third-order valence-electron chi connectivity index (χ3n) is 2.73. The number of anilines is 2. The van der Waals surface area contributed by atoms with Gasteiger partial charge >= 0.3 is 0 Å². The van der Waals surface area contributed by atoms with Crippen LogP contribution >= 0.6 is 11.6 Å². The van der Waals surface area contributed by atoms with E-state index in [-0.39, 0.29) is 10.9 Å². The number of nitrogens with one attached hydrogen (secondary N) is 2. The number of H-pyrrole nitrogens is 1. The van der Waals surface area contributed by atoms with Crippen molar-refractivity contribution in [2.24, 2.45) is 0 Å². The van der Waals surface area contributed by atoms with Crippen LogP contribution in [0, 0.1) is 0 Å². The monoisotopic (exact) mass is 278 g/mol. The molecule has 0 aliphatic carbocycles. The molecule has 100 valence electrons. The molecular formula is C13H15ClN4O. The fourth-order valence-electron chi connectivity index (χ4n) is 1.61. The van der Waals surface area contributed by atoms with Crippen molar-refractivity contribution in [3.63, 3.8) is 0 Å². The molecule has 1 aromatic heterocycles. The highest BCUT2D eigenvalue weighted by Gasteiger charge is 2.14. The number of aromatic nitrogens is 2. The molecule has 0 fully saturated rings. The summed E-state index contributed by atoms with van der Waals surface area (Å²) in [6.07, 6.45) is 0. The number of nitrogen functional groups attached to an aromatic ring is 1. The molecule has 0 radical (unpaired) electrons. The van der Waals surface area contributed by atoms with Crippen molar-refractivity contribution in [2.45, 2.75) is 19.8 Å². The largest absolute Gasteiger partial charge is 0.398 e. The van der Waals surface area contributed by atoms with Gasteiger partial charge in [0.05, 0.1) is 16.3 Å². The molecule has 0 atom stereocenters. The minimum Gasteiger partial charge on any atom is -0.398 e. The molecule has 4 N–H and O–H groups in total. The van der Waals surface area contributed by atoms with Gasteiger partial charge in [0, 0.05) is 11.8 Å². The quantitative estimate of drug-likeness (QED) is 0.755. The number of carbonyl (C=O) groups excluding carboxylic acids is 1. The molecule has 1 amide bonds. The Morgan fingerprint density at radius 3 is 2.84 bits per heavy atom. The third-order valence-corrected chi connectivity index (χ3v) is 3.16. The normalized spacial score (nSPS) is 10.7. The zero-order chi connectivity index (χ0) is 14.0. The van der Waals surface area contributed by atoms with Gasteiger partial charge in [0.1, 0.15) is 0 Å². The molecule has 5 nitrogen and oxygen atoms in total. The van der Waals surface area contributed by atoms with Gasteiger partial charge in [-0.2, -0.15) is 5.10 Å². The van der Waals surface area contributed by atoms with Gasteiger partial charge in [-0.05, 0) is 18.1 Å². The fourth-order valence-corrected chi connectivity index (χ4v) is 1.82. The lowest BCUT2D eigenvalue weighted by Gasteiger charge is -2.05. The van der Waals surface area contributed by atoms with Gasteiger partial charge in [-0.1, -0.05) is 31.5 Å². The summed E-state index contributed by atoms with van der Waals surface area (Å²) >= 11 is 6.00. The molecule has 0 saturated heterocycles. The number of nitrogens with zero attached hydrogens (tertiary/aromatic N) is 1. The Morgan fingerprint density at radius 2 is 2.21 bits per heavy atom. The smallest absolute Gasteiger partial charge is 0.258 e. The van der Waals surface area contributed by atoms with Crippen LogP contribution in [0.5, 0.6) is 0 Å². The van der Waals surface area contributed by atoms with E-state index in [4.69, 9.17) is 17.3 Å². The molecule has 2 rings (SSSR count). The molecule has 0 aliphatic heterocycles. The van der Waals surface area contributed by atoms with Crippen LogP contribution in [0.4, 0.5) is 11.5 Å². The second kappa shape index (κ2) is 5.32. The summed E-state index contributed by atoms with van der Waals surface area (Å²) in [5.74, 6) is 0.445. The Kier molecular flexibility index (Phi) is 3.76. The van der Waals surface area contributed by atoms with Crippen molar-refractivity contribution in [2.75, 3.05) is 11.1 Å². The van der Waals surface area contributed by atoms with Crippen LogP contribution in [0.15, 0.2) is 24.3 Å². The van der Waals surface area contributed by atoms with Gasteiger partial charge in [-0.3, -0.25) is 9.89 Å². The highest BCUT2D eigenvalue weighted by Crippen LogP contribution is 2.24. The number of rotatable bonds is 3. The Hall–Kier alpha value is -2.01. The predicted octanol–water partition coefficient (Wildman–Crippen LogP) is 3.02. The van der Waals surface area contributed by atoms with Crippen LogP contribution in [-0.4, -0.2) is 16.1 Å². The van der Waals surface area contributed by atoms with E-state index in [1.54, 1.807) is 24.3 Å². The first-order valence-electron chi connectivity index (χ1n) is 5.89. The maximum Gasteiger partial charge on any atom is 0.258 e. The van der Waals surface area contributed by atoms with Crippen molar-refractivity contribution < 1.29 is 4.79 Å². The highest BCUT2D eigenvalue weighted by atomic mass is 35.5. The summed E-state index contributed by atoms with van der Waals surface area (Å²) in [5.41, 5.74) is 7.32. The molecule has 0 unspecified atom stereocenters. The van der Waals surface area contributed by atoms with Crippen molar-refractivity contribution >= 4 is 29.0 Å². The number of hydrogen-bond acceptors (Lipinski definition) is 3. The number of carbonyl (C=O) groups is 1. The van der Waals surface area contributed by atoms with E-state index in [0.29, 0.717) is 23.0 Å². The van der Waals surface area contributed by atoms with E-state index >= 15 is 0 Å². The number of halogens is 1. The van der Waals surface area contributed by atoms with E-state index in [9.17, 15) is 4.79 Å². The van der Waals surface area contributed by atoms with E-state index in [0.717, 1.165) is 5.69 Å². The molecule has 6 heteroatoms. The first-order valence-corrected chi connectivity index (χ1v) is 6.27. The minimum absolute atomic E-state index is 0.250. The summed E-state index contributed by atoms with van der Waals surface area (Å²) in [6.45, 7) is 4.07. The van der Waals surface area contributed by atoms with Gasteiger partial charge in [0.15, 0.2) is 5.82 Å². The molecule has 0 aliphatic rings. The van der Waals surface area contributed by atoms with E-state index < -0.39 is 0 Å². The molecule has 1 heterocycles. The van der Waals surface area contributed by atoms with Crippen molar-refractivity contribution in [1.29, 1.82) is 0 Å². The zero-order valence-corrected chi connectivity index (χ0v) is 11.5. The third kappa shape index (κ3) is 2.88. The average Bonchev–Trinajstić information content (AvgIpc) is 2.81. The lowest BCUT2D eigenvalue weighted by molar-refractivity contribution is 0.102. The molecule has 0 spiro atoms. The van der Waals surface area contributed by atoms with Crippen LogP contribution in [0.25, 0.3) is 0 Å². The lowest BCUT2D eigenvalue weighted by atomic mass is 10.1. The van der Waals surface area contributed by atoms with E-state index in [1.807, 2.05) is 13.8 Å². The Morgan fingerprint density at radius 1 is 1.47 bits per heavy atom. The summed E-state index contributed by atoms with van der Waals surface area (Å²) in [5, 5.41) is 9.82. The summed E-state index contributed by atoms with van der Waals surface area (Å²) in [6, 6.07) is 6.73. The molecule has 0 saturated carbocycles. The SMILES string of the molecule is CC(C)c1cc(NC(=O)c2cccc(N)c2Cl)n[nH]1. The van der Waals surface area contributed by atoms with E-state index in [2.05, 4.69) is 15.5 Å². The van der Waals surface area contributed by atoms with Crippen LogP contribution < -0.4 is 11.1 Å². The Balaban J connectivity index is 2.18. The zero-order valence-electron chi connectivity index (χ0n) is 10.7. The number of hydrogen-bond donors (Lipinski definition) is 3. The number of benzene rings is 1. The van der Waals surface area contributed by atoms with Crippen LogP contribution in [0.3, 0.4) is 0 Å². The first kappa shape index (κ1) is 13.4. The molecular weight excluding hydrogens is 264 g/mol. The van der Waals surface area contributed by atoms with Crippen LogP contribution in [0.2, 0.25) is 5.02 Å². The van der Waals surface area contributed by atoms with Gasteiger partial charge in [-0.25, -0.2) is 0 Å². The predicted molar refractivity (Wildman–Crippen MR) is 76.5 cm³/mol. The van der Waals surface area contributed by atoms with Gasteiger partial charge < -0.3 is 11.1 Å². The number of nitrogens with two attached hydrogens (primary N) is 1. The fraction of sp³-hybridized carbons (Fsp3) is 0.231. The van der Waals surface area contributed by atoms with Gasteiger partial charge in [0.2, 0.25) is 0 Å². The summed E-state index contributed by atoms with van der Waals surface area (Å²) < 4.78 is 0. The Bertz CT molecular complexity index is 606. The molecule has 1 aromatic carbocycles. The van der Waals surface area contributed by atoms with Crippen molar-refractivity contribution in [1.82, 2.24) is 10.2 Å². The molecule has 2 aromatic rings. The maximum atomic E-state index is 12.1. The van der Waals surface area contributed by atoms with Crippen LogP contribution in [-0.2, 0) is 0 Å². The van der Waals surface area contributed by atoms with Crippen LogP contribution in [0.1, 0.15) is 35.8 Å². The summed E-state index contributed by atoms with van der Waals surface area (Å²) in [7, 11) is 0. The maximum absolute atomic E-state index is 12.1. The Labute approximate surface area is 116 Å². The van der Waals surface area contributed by atoms with Crippen molar-refractivity contribution in [3.05, 3.63) is 40.5 Å². The molecule has 0 bridgehead atoms. The standard InChI is InChI=1S/C13H15ClN4O/c1-7(2)10-6-11(18-17-10)16-13(19)8-4-3-5-9(15)12(8)14/h3-7H,15H2,1-2H3,(H2,16,17,18,19). The highest BCUT2D eigenvalue weighted by molar-refractivity contribution is 6.36. The lowest BCUT2D eigenvalue weighted by Crippen LogP contribution is -2.13. The summed E-state index contributed by atoms with van der Waals surface area (Å²) in [4.78, 5) is 12.1. The second-order valence-electron chi connectivity index (χ2n) is 4.53. The average molecular weight is 279 g/mol. The second-order valence-corrected chi connectivity index (χ2v) is 4.90. The van der Waals surface area contributed by atoms with Gasteiger partial charge in [0.25, 0.3) is 5.91 Å². The van der Waals surface area contributed by atoms with Crippen molar-refractivity contribution in [3.8, 4) is 0 Å². The minimum atomic E-state index is -0.334. The number of amides is 1. The first-order chi connectivity index (χ1) is 8.99. The number of aromatic amines is 1. The topological polar surface area (TPSA) is 83.8 Å².